The summed E-state index contributed by atoms with van der Waals surface area (Å²) >= 11 is 0. The zero-order valence-corrected chi connectivity index (χ0v) is 12.8. The highest BCUT2D eigenvalue weighted by Gasteiger charge is 2.33. The second-order valence-electron chi connectivity index (χ2n) is 5.20. The molecule has 6 nitrogen and oxygen atoms in total. The third-order valence-corrected chi connectivity index (χ3v) is 3.49. The molecule has 9 heteroatoms. The third kappa shape index (κ3) is 3.39. The summed E-state index contributed by atoms with van der Waals surface area (Å²) in [5, 5.41) is 20.5. The van der Waals surface area contributed by atoms with E-state index in [2.05, 4.69) is 4.98 Å². The van der Waals surface area contributed by atoms with E-state index in [1.54, 1.807) is 6.07 Å². The highest BCUT2D eigenvalue weighted by molar-refractivity contribution is 5.80. The first-order chi connectivity index (χ1) is 12.3. The summed E-state index contributed by atoms with van der Waals surface area (Å²) in [4.78, 5) is 14.3. The number of fused-ring (bicyclic) bond motifs is 1. The number of ether oxygens (including phenoxy) is 1. The Labute approximate surface area is 144 Å². The van der Waals surface area contributed by atoms with Crippen molar-refractivity contribution in [2.24, 2.45) is 0 Å². The van der Waals surface area contributed by atoms with Crippen molar-refractivity contribution in [3.05, 3.63) is 69.9 Å². The van der Waals surface area contributed by atoms with Crippen LogP contribution in [-0.2, 0) is 6.18 Å². The molecule has 3 aromatic rings. The molecule has 0 atom stereocenters. The molecule has 0 radical (unpaired) electrons. The summed E-state index contributed by atoms with van der Waals surface area (Å²) in [6.07, 6.45) is -4.66. The second kappa shape index (κ2) is 6.33. The summed E-state index contributed by atoms with van der Waals surface area (Å²) in [6.45, 7) is 0. The molecular formula is C17H8F3N3O3. The molecule has 130 valence electrons. The van der Waals surface area contributed by atoms with E-state index in [9.17, 15) is 23.3 Å². The number of nitro benzene ring substituents is 1. The second-order valence-corrected chi connectivity index (χ2v) is 5.20. The zero-order valence-electron chi connectivity index (χ0n) is 12.8. The van der Waals surface area contributed by atoms with Crippen LogP contribution >= 0.6 is 0 Å². The number of nitriles is 1. The Hall–Kier alpha value is -3.67. The molecule has 1 heterocycles. The minimum absolute atomic E-state index is 0.103. The van der Waals surface area contributed by atoms with Gasteiger partial charge in [-0.05, 0) is 36.4 Å². The fourth-order valence-corrected chi connectivity index (χ4v) is 2.28. The van der Waals surface area contributed by atoms with Gasteiger partial charge in [-0.2, -0.15) is 18.4 Å². The van der Waals surface area contributed by atoms with Gasteiger partial charge in [0.15, 0.2) is 0 Å². The first kappa shape index (κ1) is 17.2. The van der Waals surface area contributed by atoms with Crippen LogP contribution in [0.1, 0.15) is 11.3 Å². The van der Waals surface area contributed by atoms with Crippen molar-refractivity contribution >= 4 is 16.6 Å². The molecule has 0 spiro atoms. The lowest BCUT2D eigenvalue weighted by molar-refractivity contribution is -0.385. The quantitative estimate of drug-likeness (QED) is 0.494. The maximum atomic E-state index is 12.9. The molecule has 0 saturated heterocycles. The fourth-order valence-electron chi connectivity index (χ4n) is 2.28. The van der Waals surface area contributed by atoms with E-state index in [1.165, 1.54) is 24.3 Å². The Morgan fingerprint density at radius 3 is 2.54 bits per heavy atom. The lowest BCUT2D eigenvalue weighted by atomic mass is 10.1. The number of hydrogen-bond acceptors (Lipinski definition) is 5. The lowest BCUT2D eigenvalue weighted by Crippen LogP contribution is -2.05. The third-order valence-electron chi connectivity index (χ3n) is 3.49. The Balaban J connectivity index is 2.03. The number of pyridine rings is 1. The van der Waals surface area contributed by atoms with Crippen molar-refractivity contribution in [3.8, 4) is 17.6 Å². The SMILES string of the molecule is N#Cc1ccc2cc(Oc3cc(C(F)(F)F)ccc3[N+](=O)[O-])ccc2n1. The maximum Gasteiger partial charge on any atom is 0.416 e. The monoisotopic (exact) mass is 359 g/mol. The van der Waals surface area contributed by atoms with E-state index >= 15 is 0 Å². The molecule has 26 heavy (non-hydrogen) atoms. The summed E-state index contributed by atoms with van der Waals surface area (Å²) < 4.78 is 43.9. The number of rotatable bonds is 3. The first-order valence-corrected chi connectivity index (χ1v) is 7.12. The highest BCUT2D eigenvalue weighted by Crippen LogP contribution is 2.38. The van der Waals surface area contributed by atoms with E-state index in [0.29, 0.717) is 23.0 Å². The van der Waals surface area contributed by atoms with E-state index in [1.807, 2.05) is 6.07 Å². The standard InChI is InChI=1S/C17H8F3N3O3/c18-17(19,20)11-2-6-15(23(24)25)16(8-11)26-13-4-5-14-10(7-13)1-3-12(9-21)22-14/h1-8H. The predicted molar refractivity (Wildman–Crippen MR) is 84.6 cm³/mol. The smallest absolute Gasteiger partial charge is 0.416 e. The predicted octanol–water partition coefficient (Wildman–Crippen LogP) is 4.83. The van der Waals surface area contributed by atoms with Gasteiger partial charge in [-0.15, -0.1) is 0 Å². The van der Waals surface area contributed by atoms with Gasteiger partial charge in [0.2, 0.25) is 5.75 Å². The van der Waals surface area contributed by atoms with E-state index in [4.69, 9.17) is 10.00 Å². The average Bonchev–Trinajstić information content (AvgIpc) is 2.60. The van der Waals surface area contributed by atoms with Gasteiger partial charge in [0, 0.05) is 17.5 Å². The minimum atomic E-state index is -4.66. The molecular weight excluding hydrogens is 351 g/mol. The largest absolute Gasteiger partial charge is 0.450 e. The summed E-state index contributed by atoms with van der Waals surface area (Å²) in [5.41, 5.74) is -0.954. The zero-order chi connectivity index (χ0) is 18.9. The number of hydrogen-bond donors (Lipinski definition) is 0. The van der Waals surface area contributed by atoms with Crippen LogP contribution in [0.4, 0.5) is 18.9 Å². The normalized spacial score (nSPS) is 11.2. The van der Waals surface area contributed by atoms with Crippen LogP contribution in [-0.4, -0.2) is 9.91 Å². The van der Waals surface area contributed by atoms with Crippen molar-refractivity contribution < 1.29 is 22.8 Å². The first-order valence-electron chi connectivity index (χ1n) is 7.12. The lowest BCUT2D eigenvalue weighted by Gasteiger charge is -2.11. The number of benzene rings is 2. The van der Waals surface area contributed by atoms with Crippen LogP contribution in [0.3, 0.4) is 0 Å². The Morgan fingerprint density at radius 1 is 1.12 bits per heavy atom. The van der Waals surface area contributed by atoms with Crippen molar-refractivity contribution in [1.82, 2.24) is 4.98 Å². The molecule has 0 aliphatic rings. The van der Waals surface area contributed by atoms with Crippen LogP contribution in [0.15, 0.2) is 48.5 Å². The molecule has 0 saturated carbocycles. The maximum absolute atomic E-state index is 12.9. The van der Waals surface area contributed by atoms with Gasteiger partial charge in [0.25, 0.3) is 0 Å². The minimum Gasteiger partial charge on any atom is -0.450 e. The van der Waals surface area contributed by atoms with Crippen LogP contribution in [0.2, 0.25) is 0 Å². The molecule has 0 aliphatic carbocycles. The van der Waals surface area contributed by atoms with Gasteiger partial charge in [0.1, 0.15) is 17.5 Å². The molecule has 0 aliphatic heterocycles. The van der Waals surface area contributed by atoms with Gasteiger partial charge in [-0.25, -0.2) is 4.98 Å². The molecule has 0 unspecified atom stereocenters. The number of aromatic nitrogens is 1. The Morgan fingerprint density at radius 2 is 1.88 bits per heavy atom. The summed E-state index contributed by atoms with van der Waals surface area (Å²) in [7, 11) is 0. The molecule has 3 rings (SSSR count). The number of halogens is 3. The van der Waals surface area contributed by atoms with Gasteiger partial charge in [0.05, 0.1) is 16.0 Å². The molecule has 0 fully saturated rings. The molecule has 0 N–H and O–H groups in total. The topological polar surface area (TPSA) is 89.0 Å². The highest BCUT2D eigenvalue weighted by atomic mass is 19.4. The number of nitrogens with zero attached hydrogens (tertiary/aromatic N) is 3. The number of alkyl halides is 3. The van der Waals surface area contributed by atoms with Crippen LogP contribution < -0.4 is 4.74 Å². The van der Waals surface area contributed by atoms with Crippen molar-refractivity contribution in [2.75, 3.05) is 0 Å². The van der Waals surface area contributed by atoms with Gasteiger partial charge in [-0.3, -0.25) is 10.1 Å². The van der Waals surface area contributed by atoms with Gasteiger partial charge < -0.3 is 4.74 Å². The van der Waals surface area contributed by atoms with Crippen LogP contribution in [0, 0.1) is 21.4 Å². The van der Waals surface area contributed by atoms with Crippen molar-refractivity contribution in [2.45, 2.75) is 6.18 Å². The van der Waals surface area contributed by atoms with Crippen molar-refractivity contribution in [3.63, 3.8) is 0 Å². The molecule has 0 amide bonds. The summed E-state index contributed by atoms with van der Waals surface area (Å²) in [5.74, 6) is -0.419. The van der Waals surface area contributed by atoms with Crippen LogP contribution in [0.25, 0.3) is 10.9 Å². The number of nitro groups is 1. The molecule has 0 bridgehead atoms. The Kier molecular flexibility index (Phi) is 4.18. The van der Waals surface area contributed by atoms with Gasteiger partial charge >= 0.3 is 11.9 Å². The average molecular weight is 359 g/mol. The van der Waals surface area contributed by atoms with Gasteiger partial charge in [-0.1, -0.05) is 0 Å². The van der Waals surface area contributed by atoms with E-state index in [-0.39, 0.29) is 11.4 Å². The molecule has 1 aromatic heterocycles. The van der Waals surface area contributed by atoms with E-state index < -0.39 is 28.1 Å². The van der Waals surface area contributed by atoms with Crippen molar-refractivity contribution in [1.29, 1.82) is 5.26 Å². The molecule has 2 aromatic carbocycles. The van der Waals surface area contributed by atoms with Crippen LogP contribution in [0.5, 0.6) is 11.5 Å². The Bertz CT molecular complexity index is 1060. The fraction of sp³-hybridized carbons (Fsp3) is 0.0588. The summed E-state index contributed by atoms with van der Waals surface area (Å²) in [6, 6.07) is 11.3. The van der Waals surface area contributed by atoms with E-state index in [0.717, 1.165) is 6.07 Å².